The van der Waals surface area contributed by atoms with E-state index < -0.39 is 0 Å². The Morgan fingerprint density at radius 3 is 2.50 bits per heavy atom. The van der Waals surface area contributed by atoms with E-state index in [1.54, 1.807) is 7.11 Å². The van der Waals surface area contributed by atoms with Crippen LogP contribution in [0.4, 0.5) is 0 Å². The molecule has 1 aliphatic rings. The molecule has 0 amide bonds. The van der Waals surface area contributed by atoms with Crippen LogP contribution in [0.1, 0.15) is 39.5 Å². The average molecular weight is 230 g/mol. The monoisotopic (exact) mass is 230 g/mol. The van der Waals surface area contributed by atoms with Gasteiger partial charge in [-0.1, -0.05) is 6.92 Å². The normalized spacial score (nSPS) is 32.6. The molecule has 0 bridgehead atoms. The minimum atomic E-state index is -0.133. The van der Waals surface area contributed by atoms with Crippen LogP contribution in [0.3, 0.4) is 0 Å². The molecule has 0 aromatic heterocycles. The molecule has 1 fully saturated rings. The maximum atomic E-state index is 6.00. The number of rotatable bonds is 6. The van der Waals surface area contributed by atoms with Crippen molar-refractivity contribution < 1.29 is 9.47 Å². The van der Waals surface area contributed by atoms with E-state index in [1.807, 2.05) is 6.92 Å². The molecule has 16 heavy (non-hydrogen) atoms. The zero-order valence-electron chi connectivity index (χ0n) is 10.8. The summed E-state index contributed by atoms with van der Waals surface area (Å²) in [4.78, 5) is 0. The van der Waals surface area contributed by atoms with E-state index in [4.69, 9.17) is 15.3 Å². The lowest BCUT2D eigenvalue weighted by Gasteiger charge is -2.44. The van der Waals surface area contributed by atoms with E-state index in [0.717, 1.165) is 25.4 Å². The topological polar surface area (TPSA) is 56.5 Å². The first-order valence-electron chi connectivity index (χ1n) is 6.27. The second-order valence-corrected chi connectivity index (χ2v) is 4.85. The van der Waals surface area contributed by atoms with Crippen LogP contribution in [0, 0.1) is 5.92 Å². The second kappa shape index (κ2) is 6.55. The van der Waals surface area contributed by atoms with Crippen LogP contribution in [0.5, 0.6) is 0 Å². The highest BCUT2D eigenvalue weighted by Gasteiger charge is 2.41. The Kier molecular flexibility index (Phi) is 5.69. The van der Waals surface area contributed by atoms with E-state index in [0.29, 0.717) is 6.61 Å². The van der Waals surface area contributed by atoms with Gasteiger partial charge in [-0.2, -0.15) is 0 Å². The molecule has 0 spiro atoms. The minimum absolute atomic E-state index is 0.0879. The van der Waals surface area contributed by atoms with Crippen molar-refractivity contribution in [3.63, 3.8) is 0 Å². The second-order valence-electron chi connectivity index (χ2n) is 4.85. The summed E-state index contributed by atoms with van der Waals surface area (Å²) in [5, 5.41) is 0. The zero-order chi connectivity index (χ0) is 12.0. The summed E-state index contributed by atoms with van der Waals surface area (Å²) in [6.45, 7) is 5.68. The molecule has 0 aromatic rings. The Morgan fingerprint density at radius 1 is 1.44 bits per heavy atom. The van der Waals surface area contributed by atoms with E-state index in [1.165, 1.54) is 12.8 Å². The molecule has 3 N–H and O–H groups in total. The quantitative estimate of drug-likeness (QED) is 0.535. The molecule has 0 saturated heterocycles. The Morgan fingerprint density at radius 2 is 2.06 bits per heavy atom. The SMILES string of the molecule is CCOC1(C(COC)NN)CCC(C)CC1. The van der Waals surface area contributed by atoms with Crippen molar-refractivity contribution >= 4 is 0 Å². The minimum Gasteiger partial charge on any atom is -0.383 e. The number of hydrazine groups is 1. The molecule has 0 aliphatic heterocycles. The van der Waals surface area contributed by atoms with E-state index >= 15 is 0 Å². The first-order valence-corrected chi connectivity index (χ1v) is 6.27. The Hall–Kier alpha value is -0.160. The largest absolute Gasteiger partial charge is 0.383 e. The van der Waals surface area contributed by atoms with Gasteiger partial charge in [-0.3, -0.25) is 11.3 Å². The van der Waals surface area contributed by atoms with Gasteiger partial charge in [0.1, 0.15) is 0 Å². The lowest BCUT2D eigenvalue weighted by atomic mass is 9.75. The third kappa shape index (κ3) is 3.17. The summed E-state index contributed by atoms with van der Waals surface area (Å²) in [6, 6.07) is 0.0879. The van der Waals surface area contributed by atoms with Crippen molar-refractivity contribution in [3.05, 3.63) is 0 Å². The van der Waals surface area contributed by atoms with Crippen molar-refractivity contribution in [1.82, 2.24) is 5.43 Å². The molecule has 4 heteroatoms. The number of methoxy groups -OCH3 is 1. The molecule has 1 atom stereocenters. The first kappa shape index (κ1) is 13.9. The predicted octanol–water partition coefficient (Wildman–Crippen LogP) is 1.45. The van der Waals surface area contributed by atoms with Crippen molar-refractivity contribution in [3.8, 4) is 0 Å². The molecular formula is C12H26N2O2. The summed E-state index contributed by atoms with van der Waals surface area (Å²) < 4.78 is 11.2. The molecular weight excluding hydrogens is 204 g/mol. The number of nitrogens with two attached hydrogens (primary N) is 1. The summed E-state index contributed by atoms with van der Waals surface area (Å²) >= 11 is 0. The number of hydrogen-bond donors (Lipinski definition) is 2. The van der Waals surface area contributed by atoms with Crippen LogP contribution in [0.25, 0.3) is 0 Å². The van der Waals surface area contributed by atoms with Gasteiger partial charge in [0.15, 0.2) is 0 Å². The van der Waals surface area contributed by atoms with Gasteiger partial charge < -0.3 is 9.47 Å². The number of ether oxygens (including phenoxy) is 2. The van der Waals surface area contributed by atoms with Gasteiger partial charge >= 0.3 is 0 Å². The van der Waals surface area contributed by atoms with Gasteiger partial charge in [-0.05, 0) is 38.5 Å². The van der Waals surface area contributed by atoms with E-state index in [-0.39, 0.29) is 11.6 Å². The molecule has 1 unspecified atom stereocenters. The lowest BCUT2D eigenvalue weighted by molar-refractivity contribution is -0.108. The van der Waals surface area contributed by atoms with Gasteiger partial charge in [0.2, 0.25) is 0 Å². The molecule has 0 radical (unpaired) electrons. The number of hydrogen-bond acceptors (Lipinski definition) is 4. The summed E-state index contributed by atoms with van der Waals surface area (Å²) in [7, 11) is 1.70. The molecule has 96 valence electrons. The van der Waals surface area contributed by atoms with Crippen LogP contribution in [0.15, 0.2) is 0 Å². The molecule has 1 saturated carbocycles. The van der Waals surface area contributed by atoms with Crippen LogP contribution < -0.4 is 11.3 Å². The Labute approximate surface area is 98.8 Å². The Bertz CT molecular complexity index is 191. The smallest absolute Gasteiger partial charge is 0.0870 e. The van der Waals surface area contributed by atoms with Crippen LogP contribution in [-0.2, 0) is 9.47 Å². The third-order valence-electron chi connectivity index (χ3n) is 3.72. The predicted molar refractivity (Wildman–Crippen MR) is 65.0 cm³/mol. The van der Waals surface area contributed by atoms with Gasteiger partial charge in [0, 0.05) is 13.7 Å². The average Bonchev–Trinajstić information content (AvgIpc) is 2.30. The van der Waals surface area contributed by atoms with Crippen LogP contribution >= 0.6 is 0 Å². The van der Waals surface area contributed by atoms with Crippen LogP contribution in [0.2, 0.25) is 0 Å². The summed E-state index contributed by atoms with van der Waals surface area (Å²) in [5.74, 6) is 6.43. The third-order valence-corrected chi connectivity index (χ3v) is 3.72. The van der Waals surface area contributed by atoms with Crippen LogP contribution in [-0.4, -0.2) is 32.0 Å². The standard InChI is InChI=1S/C12H26N2O2/c1-4-16-12(11(14-13)9-15-3)7-5-10(2)6-8-12/h10-11,14H,4-9,13H2,1-3H3. The fourth-order valence-electron chi connectivity index (χ4n) is 2.65. The van der Waals surface area contributed by atoms with Gasteiger partial charge in [0.25, 0.3) is 0 Å². The molecule has 1 rings (SSSR count). The summed E-state index contributed by atoms with van der Waals surface area (Å²) in [5.41, 5.74) is 2.73. The molecule has 0 heterocycles. The fourth-order valence-corrected chi connectivity index (χ4v) is 2.65. The van der Waals surface area contributed by atoms with Crippen molar-refractivity contribution in [2.75, 3.05) is 20.3 Å². The van der Waals surface area contributed by atoms with Crippen molar-refractivity contribution in [2.45, 2.75) is 51.2 Å². The van der Waals surface area contributed by atoms with Gasteiger partial charge in [0.05, 0.1) is 18.2 Å². The Balaban J connectivity index is 2.69. The van der Waals surface area contributed by atoms with Crippen molar-refractivity contribution in [1.29, 1.82) is 0 Å². The number of nitrogens with one attached hydrogen (secondary N) is 1. The highest BCUT2D eigenvalue weighted by molar-refractivity contribution is 4.95. The van der Waals surface area contributed by atoms with E-state index in [2.05, 4.69) is 12.3 Å². The highest BCUT2D eigenvalue weighted by Crippen LogP contribution is 2.37. The lowest BCUT2D eigenvalue weighted by Crippen LogP contribution is -2.58. The van der Waals surface area contributed by atoms with E-state index in [9.17, 15) is 0 Å². The highest BCUT2D eigenvalue weighted by atomic mass is 16.5. The first-order chi connectivity index (χ1) is 7.68. The maximum absolute atomic E-state index is 6.00. The van der Waals surface area contributed by atoms with Gasteiger partial charge in [-0.15, -0.1) is 0 Å². The molecule has 1 aliphatic carbocycles. The van der Waals surface area contributed by atoms with Gasteiger partial charge in [-0.25, -0.2) is 0 Å². The zero-order valence-corrected chi connectivity index (χ0v) is 10.8. The maximum Gasteiger partial charge on any atom is 0.0870 e. The summed E-state index contributed by atoms with van der Waals surface area (Å²) in [6.07, 6.45) is 4.56. The van der Waals surface area contributed by atoms with Crippen molar-refractivity contribution in [2.24, 2.45) is 11.8 Å². The molecule has 4 nitrogen and oxygen atoms in total. The molecule has 0 aromatic carbocycles. The fraction of sp³-hybridized carbons (Fsp3) is 1.00.